The van der Waals surface area contributed by atoms with Gasteiger partial charge in [0.2, 0.25) is 0 Å². The van der Waals surface area contributed by atoms with Crippen molar-refractivity contribution in [2.45, 2.75) is 40.2 Å². The Labute approximate surface area is 176 Å². The number of rotatable bonds is 4. The SMILES string of the molecule is Cc1ccc(C(=O)CN2C(=O)COc3ccc(NC(=O)OC(C)(C)C)cc32)cc1C. The van der Waals surface area contributed by atoms with Crippen molar-refractivity contribution in [1.82, 2.24) is 0 Å². The van der Waals surface area contributed by atoms with Crippen LogP contribution < -0.4 is 15.0 Å². The van der Waals surface area contributed by atoms with Gasteiger partial charge in [0.05, 0.1) is 12.2 Å². The van der Waals surface area contributed by atoms with E-state index in [-0.39, 0.29) is 24.8 Å². The van der Waals surface area contributed by atoms with Gasteiger partial charge < -0.3 is 9.47 Å². The minimum Gasteiger partial charge on any atom is -0.482 e. The molecule has 1 aliphatic heterocycles. The van der Waals surface area contributed by atoms with E-state index >= 15 is 0 Å². The van der Waals surface area contributed by atoms with Crippen molar-refractivity contribution < 1.29 is 23.9 Å². The number of carbonyl (C=O) groups excluding carboxylic acids is 3. The molecule has 0 unspecified atom stereocenters. The van der Waals surface area contributed by atoms with Crippen LogP contribution in [0.25, 0.3) is 0 Å². The van der Waals surface area contributed by atoms with Gasteiger partial charge in [-0.05, 0) is 70.0 Å². The second kappa shape index (κ2) is 8.18. The van der Waals surface area contributed by atoms with Crippen LogP contribution in [-0.4, -0.2) is 36.5 Å². The van der Waals surface area contributed by atoms with Gasteiger partial charge in [0.1, 0.15) is 11.4 Å². The normalized spacial score (nSPS) is 13.4. The Bertz CT molecular complexity index is 1010. The van der Waals surface area contributed by atoms with Gasteiger partial charge in [-0.25, -0.2) is 4.79 Å². The molecular formula is C23H26N2O5. The number of hydrogen-bond acceptors (Lipinski definition) is 5. The van der Waals surface area contributed by atoms with E-state index in [2.05, 4.69) is 5.32 Å². The molecule has 0 saturated carbocycles. The molecule has 2 aromatic carbocycles. The number of ketones is 1. The first-order chi connectivity index (χ1) is 14.0. The fourth-order valence-electron chi connectivity index (χ4n) is 3.02. The van der Waals surface area contributed by atoms with Crippen LogP contribution in [0, 0.1) is 13.8 Å². The highest BCUT2D eigenvalue weighted by Crippen LogP contribution is 2.35. The summed E-state index contributed by atoms with van der Waals surface area (Å²) in [5.74, 6) is -0.0314. The molecule has 2 amide bonds. The Balaban J connectivity index is 1.83. The van der Waals surface area contributed by atoms with Crippen LogP contribution in [0.4, 0.5) is 16.2 Å². The predicted octanol–water partition coefficient (Wildman–Crippen LogP) is 4.26. The summed E-state index contributed by atoms with van der Waals surface area (Å²) in [5.41, 5.74) is 2.88. The first-order valence-electron chi connectivity index (χ1n) is 9.71. The Morgan fingerprint density at radius 1 is 1.10 bits per heavy atom. The molecule has 1 aliphatic rings. The van der Waals surface area contributed by atoms with E-state index in [1.807, 2.05) is 26.0 Å². The van der Waals surface area contributed by atoms with Crippen molar-refractivity contribution in [3.63, 3.8) is 0 Å². The zero-order valence-electron chi connectivity index (χ0n) is 17.9. The van der Waals surface area contributed by atoms with Gasteiger partial charge in [-0.2, -0.15) is 0 Å². The largest absolute Gasteiger partial charge is 0.482 e. The van der Waals surface area contributed by atoms with Gasteiger partial charge in [0.25, 0.3) is 5.91 Å². The number of nitrogens with one attached hydrogen (secondary N) is 1. The molecule has 0 aromatic heterocycles. The van der Waals surface area contributed by atoms with E-state index in [1.165, 1.54) is 4.90 Å². The van der Waals surface area contributed by atoms with E-state index in [9.17, 15) is 14.4 Å². The summed E-state index contributed by atoms with van der Waals surface area (Å²) in [4.78, 5) is 38.8. The fourth-order valence-corrected chi connectivity index (χ4v) is 3.02. The van der Waals surface area contributed by atoms with Crippen LogP contribution in [0.3, 0.4) is 0 Å². The van der Waals surface area contributed by atoms with Crippen molar-refractivity contribution in [3.05, 3.63) is 53.1 Å². The Hall–Kier alpha value is -3.35. The van der Waals surface area contributed by atoms with E-state index in [4.69, 9.17) is 9.47 Å². The number of anilines is 2. The van der Waals surface area contributed by atoms with Crippen LogP contribution in [0.2, 0.25) is 0 Å². The Morgan fingerprint density at radius 2 is 1.83 bits per heavy atom. The molecule has 2 aromatic rings. The molecule has 0 atom stereocenters. The van der Waals surface area contributed by atoms with Crippen LogP contribution in [-0.2, 0) is 9.53 Å². The highest BCUT2D eigenvalue weighted by Gasteiger charge is 2.28. The number of aryl methyl sites for hydroxylation is 2. The van der Waals surface area contributed by atoms with Crippen LogP contribution in [0.15, 0.2) is 36.4 Å². The number of Topliss-reactive ketones (excluding diaryl/α,β-unsaturated/α-hetero) is 1. The topological polar surface area (TPSA) is 84.9 Å². The van der Waals surface area contributed by atoms with Crippen molar-refractivity contribution in [1.29, 1.82) is 0 Å². The number of fused-ring (bicyclic) bond motifs is 1. The molecule has 158 valence electrons. The second-order valence-corrected chi connectivity index (χ2v) is 8.30. The molecule has 0 radical (unpaired) electrons. The van der Waals surface area contributed by atoms with E-state index < -0.39 is 11.7 Å². The van der Waals surface area contributed by atoms with Gasteiger partial charge in [-0.15, -0.1) is 0 Å². The molecule has 7 heteroatoms. The minimum absolute atomic E-state index is 0.117. The third kappa shape index (κ3) is 4.97. The average molecular weight is 410 g/mol. The van der Waals surface area contributed by atoms with E-state index in [1.54, 1.807) is 45.0 Å². The summed E-state index contributed by atoms with van der Waals surface area (Å²) in [6.07, 6.45) is -0.608. The molecule has 1 heterocycles. The number of amides is 2. The Morgan fingerprint density at radius 3 is 2.50 bits per heavy atom. The molecule has 0 aliphatic carbocycles. The van der Waals surface area contributed by atoms with E-state index in [0.29, 0.717) is 22.7 Å². The number of ether oxygens (including phenoxy) is 2. The fraction of sp³-hybridized carbons (Fsp3) is 0.348. The molecule has 0 saturated heterocycles. The highest BCUT2D eigenvalue weighted by atomic mass is 16.6. The summed E-state index contributed by atoms with van der Waals surface area (Å²) < 4.78 is 10.7. The standard InChI is InChI=1S/C23H26N2O5/c1-14-6-7-16(10-15(14)2)19(26)12-25-18-11-17(24-22(28)30-23(3,4)5)8-9-20(18)29-13-21(25)27/h6-11H,12-13H2,1-5H3,(H,24,28). The maximum absolute atomic E-state index is 12.8. The van der Waals surface area contributed by atoms with Crippen LogP contribution in [0.5, 0.6) is 5.75 Å². The molecule has 0 bridgehead atoms. The van der Waals surface area contributed by atoms with Gasteiger partial charge in [0, 0.05) is 11.3 Å². The lowest BCUT2D eigenvalue weighted by Crippen LogP contribution is -2.42. The zero-order valence-corrected chi connectivity index (χ0v) is 17.9. The molecule has 0 spiro atoms. The van der Waals surface area contributed by atoms with Crippen molar-refractivity contribution in [2.75, 3.05) is 23.4 Å². The van der Waals surface area contributed by atoms with Gasteiger partial charge in [0.15, 0.2) is 12.4 Å². The first kappa shape index (κ1) is 21.4. The summed E-state index contributed by atoms with van der Waals surface area (Å²) in [6, 6.07) is 10.4. The van der Waals surface area contributed by atoms with Crippen LogP contribution in [0.1, 0.15) is 42.3 Å². The molecular weight excluding hydrogens is 384 g/mol. The molecule has 7 nitrogen and oxygen atoms in total. The average Bonchev–Trinajstić information content (AvgIpc) is 2.64. The highest BCUT2D eigenvalue weighted by molar-refractivity contribution is 6.07. The number of carbonyl (C=O) groups is 3. The number of hydrogen-bond donors (Lipinski definition) is 1. The van der Waals surface area contributed by atoms with Gasteiger partial charge >= 0.3 is 6.09 Å². The third-order valence-electron chi connectivity index (χ3n) is 4.68. The summed E-state index contributed by atoms with van der Waals surface area (Å²) in [7, 11) is 0. The zero-order chi connectivity index (χ0) is 22.1. The monoisotopic (exact) mass is 410 g/mol. The number of nitrogens with zero attached hydrogens (tertiary/aromatic N) is 1. The maximum atomic E-state index is 12.8. The minimum atomic E-state index is -0.637. The Kier molecular flexibility index (Phi) is 5.82. The smallest absolute Gasteiger partial charge is 0.412 e. The van der Waals surface area contributed by atoms with Crippen molar-refractivity contribution in [3.8, 4) is 5.75 Å². The number of benzene rings is 2. The maximum Gasteiger partial charge on any atom is 0.412 e. The lowest BCUT2D eigenvalue weighted by Gasteiger charge is -2.29. The second-order valence-electron chi connectivity index (χ2n) is 8.30. The summed E-state index contributed by atoms with van der Waals surface area (Å²) >= 11 is 0. The van der Waals surface area contributed by atoms with Crippen molar-refractivity contribution in [2.24, 2.45) is 0 Å². The van der Waals surface area contributed by atoms with Gasteiger partial charge in [-0.3, -0.25) is 19.8 Å². The predicted molar refractivity (Wildman–Crippen MR) is 114 cm³/mol. The molecule has 3 rings (SSSR count). The molecule has 0 fully saturated rings. The first-order valence-corrected chi connectivity index (χ1v) is 9.71. The summed E-state index contributed by atoms with van der Waals surface area (Å²) in [5, 5.41) is 2.64. The summed E-state index contributed by atoms with van der Waals surface area (Å²) in [6.45, 7) is 8.96. The van der Waals surface area contributed by atoms with Crippen LogP contribution >= 0.6 is 0 Å². The van der Waals surface area contributed by atoms with Gasteiger partial charge in [-0.1, -0.05) is 12.1 Å². The molecule has 30 heavy (non-hydrogen) atoms. The van der Waals surface area contributed by atoms with E-state index in [0.717, 1.165) is 11.1 Å². The quantitative estimate of drug-likeness (QED) is 0.762. The lowest BCUT2D eigenvalue weighted by atomic mass is 10.0. The lowest BCUT2D eigenvalue weighted by molar-refractivity contribution is -0.121. The van der Waals surface area contributed by atoms with Crippen molar-refractivity contribution >= 4 is 29.2 Å². The third-order valence-corrected chi connectivity index (χ3v) is 4.68. The molecule has 1 N–H and O–H groups in total.